The smallest absolute Gasteiger partial charge is 0.262 e. The van der Waals surface area contributed by atoms with Gasteiger partial charge in [0, 0.05) is 101 Å². The molecule has 6 aliphatic rings. The summed E-state index contributed by atoms with van der Waals surface area (Å²) in [6.07, 6.45) is 3.77. The van der Waals surface area contributed by atoms with Gasteiger partial charge in [-0.25, -0.2) is 0 Å². The van der Waals surface area contributed by atoms with Gasteiger partial charge < -0.3 is 14.7 Å². The van der Waals surface area contributed by atoms with Gasteiger partial charge in [-0.05, 0) is 92.1 Å². The zero-order valence-corrected chi connectivity index (χ0v) is 32.5. The van der Waals surface area contributed by atoms with E-state index in [1.165, 1.54) is 30.5 Å². The van der Waals surface area contributed by atoms with Gasteiger partial charge in [-0.15, -0.1) is 0 Å². The lowest BCUT2D eigenvalue weighted by Crippen LogP contribution is -2.63. The van der Waals surface area contributed by atoms with Gasteiger partial charge in [-0.2, -0.15) is 5.26 Å². The first-order valence-corrected chi connectivity index (χ1v) is 20.3. The molecule has 6 heterocycles. The summed E-state index contributed by atoms with van der Waals surface area (Å²) in [5.74, 6) is -1.92. The van der Waals surface area contributed by atoms with Crippen LogP contribution in [0.3, 0.4) is 0 Å². The topological polar surface area (TPSA) is 124 Å². The number of rotatable bonds is 7. The van der Waals surface area contributed by atoms with E-state index in [1.807, 2.05) is 24.3 Å². The summed E-state index contributed by atoms with van der Waals surface area (Å²) in [5, 5.41) is 12.1. The molecule has 1 N–H and O–H groups in total. The number of piperazine rings is 1. The predicted octanol–water partition coefficient (Wildman–Crippen LogP) is 4.50. The summed E-state index contributed by atoms with van der Waals surface area (Å²) in [5.41, 5.74) is 6.13. The highest BCUT2D eigenvalue weighted by Gasteiger charge is 2.46. The Kier molecular flexibility index (Phi) is 9.51. The van der Waals surface area contributed by atoms with Crippen LogP contribution in [0, 0.1) is 16.7 Å². The van der Waals surface area contributed by atoms with Crippen molar-refractivity contribution in [1.82, 2.24) is 20.0 Å². The average Bonchev–Trinajstić information content (AvgIpc) is 3.63. The molecule has 12 nitrogen and oxygen atoms in total. The highest BCUT2D eigenvalue weighted by Crippen LogP contribution is 2.46. The number of hydrogen-bond donors (Lipinski definition) is 1. The SMILES string of the molecule is C[C@H]1CC2(CCN(c3ccc(CN4CCN(C5CN(c6ccc7c(c6)C(=O)N(C6CCC(=O)NC6=O)C7=O)C5)CC4)cc3)CC2)CN1c1ccc(C#N)c(Cl)c1. The zero-order chi connectivity index (χ0) is 38.7. The van der Waals surface area contributed by atoms with Gasteiger partial charge in [0.25, 0.3) is 11.8 Å². The first-order chi connectivity index (χ1) is 27.1. The Morgan fingerprint density at radius 2 is 1.52 bits per heavy atom. The van der Waals surface area contributed by atoms with Crippen LogP contribution in [0.4, 0.5) is 17.1 Å². The summed E-state index contributed by atoms with van der Waals surface area (Å²) in [6.45, 7) is 12.2. The van der Waals surface area contributed by atoms with Crippen LogP contribution >= 0.6 is 11.6 Å². The first-order valence-electron chi connectivity index (χ1n) is 20.0. The molecular formula is C43H47ClN8O4. The minimum Gasteiger partial charge on any atom is -0.371 e. The quantitative estimate of drug-likeness (QED) is 0.344. The van der Waals surface area contributed by atoms with Crippen LogP contribution in [0.15, 0.2) is 60.7 Å². The van der Waals surface area contributed by atoms with Crippen LogP contribution in [-0.4, -0.2) is 115 Å². The van der Waals surface area contributed by atoms with Crippen LogP contribution in [0.5, 0.6) is 0 Å². The minimum atomic E-state index is -0.957. The third-order valence-corrected chi connectivity index (χ3v) is 13.6. The number of nitrogens with one attached hydrogen (secondary N) is 1. The van der Waals surface area contributed by atoms with Crippen LogP contribution in [0.25, 0.3) is 0 Å². The number of anilines is 3. The minimum absolute atomic E-state index is 0.104. The fourth-order valence-electron chi connectivity index (χ4n) is 9.95. The first kappa shape index (κ1) is 36.7. The third-order valence-electron chi connectivity index (χ3n) is 13.3. The molecule has 0 aromatic heterocycles. The highest BCUT2D eigenvalue weighted by molar-refractivity contribution is 6.32. The van der Waals surface area contributed by atoms with Crippen LogP contribution < -0.4 is 20.0 Å². The number of benzene rings is 3. The lowest BCUT2D eigenvalue weighted by Gasteiger charge is -2.49. The van der Waals surface area contributed by atoms with E-state index < -0.39 is 23.8 Å². The Balaban J connectivity index is 0.725. The van der Waals surface area contributed by atoms with Crippen molar-refractivity contribution in [2.24, 2.45) is 5.41 Å². The molecule has 0 aliphatic carbocycles. The largest absolute Gasteiger partial charge is 0.371 e. The summed E-state index contributed by atoms with van der Waals surface area (Å²) >= 11 is 6.38. The molecule has 290 valence electrons. The van der Waals surface area contributed by atoms with E-state index in [9.17, 15) is 24.4 Å². The number of fused-ring (bicyclic) bond motifs is 1. The monoisotopic (exact) mass is 774 g/mol. The molecule has 4 amide bonds. The number of halogens is 1. The van der Waals surface area contributed by atoms with Crippen molar-refractivity contribution in [3.05, 3.63) is 87.9 Å². The molecule has 9 rings (SSSR count). The summed E-state index contributed by atoms with van der Waals surface area (Å²) < 4.78 is 0. The number of hydrogen-bond acceptors (Lipinski definition) is 10. The Morgan fingerprint density at radius 3 is 2.21 bits per heavy atom. The molecule has 0 saturated carbocycles. The van der Waals surface area contributed by atoms with E-state index in [-0.39, 0.29) is 18.7 Å². The van der Waals surface area contributed by atoms with E-state index in [4.69, 9.17) is 11.6 Å². The molecule has 13 heteroatoms. The molecule has 1 spiro atoms. The summed E-state index contributed by atoms with van der Waals surface area (Å²) in [4.78, 5) is 63.8. The molecule has 5 fully saturated rings. The molecule has 3 aromatic carbocycles. The third kappa shape index (κ3) is 6.69. The number of piperidine rings is 2. The van der Waals surface area contributed by atoms with Crippen LogP contribution in [0.1, 0.15) is 70.9 Å². The van der Waals surface area contributed by atoms with Gasteiger partial charge in [-0.1, -0.05) is 23.7 Å². The average molecular weight is 775 g/mol. The second kappa shape index (κ2) is 14.5. The Labute approximate surface area is 332 Å². The maximum Gasteiger partial charge on any atom is 0.262 e. The van der Waals surface area contributed by atoms with Crippen molar-refractivity contribution >= 4 is 52.3 Å². The van der Waals surface area contributed by atoms with Gasteiger partial charge in [0.15, 0.2) is 0 Å². The van der Waals surface area contributed by atoms with Crippen molar-refractivity contribution in [3.8, 4) is 6.07 Å². The van der Waals surface area contributed by atoms with Gasteiger partial charge in [0.2, 0.25) is 11.8 Å². The molecule has 2 atom stereocenters. The molecular weight excluding hydrogens is 728 g/mol. The van der Waals surface area contributed by atoms with Crippen molar-refractivity contribution in [2.75, 3.05) is 73.6 Å². The van der Waals surface area contributed by atoms with E-state index in [0.717, 1.165) is 81.7 Å². The van der Waals surface area contributed by atoms with Gasteiger partial charge in [0.1, 0.15) is 12.1 Å². The Morgan fingerprint density at radius 1 is 0.821 bits per heavy atom. The Bertz CT molecular complexity index is 2110. The predicted molar refractivity (Wildman–Crippen MR) is 214 cm³/mol. The highest BCUT2D eigenvalue weighted by atomic mass is 35.5. The standard InChI is InChI=1S/C43H47ClN8O4/c1-28-22-43(27-51(28)33-7-4-30(23-45)37(44)21-33)12-14-48(15-13-43)31-5-2-29(3-6-31)24-47-16-18-49(19-17-47)34-25-50(26-34)32-8-9-35-36(20-32)42(56)52(41(35)55)38-10-11-39(53)46-40(38)54/h2-9,20-21,28,34,38H,10-19,22,24-27H2,1H3,(H,46,53,54)/t28-,38?/m0/s1. The second-order valence-electron chi connectivity index (χ2n) is 16.7. The van der Waals surface area contributed by atoms with E-state index >= 15 is 0 Å². The maximum absolute atomic E-state index is 13.3. The molecule has 5 saturated heterocycles. The lowest BCUT2D eigenvalue weighted by atomic mass is 9.76. The van der Waals surface area contributed by atoms with Crippen molar-refractivity contribution in [3.63, 3.8) is 0 Å². The summed E-state index contributed by atoms with van der Waals surface area (Å²) in [7, 11) is 0. The van der Waals surface area contributed by atoms with E-state index in [2.05, 4.69) is 67.1 Å². The number of nitriles is 1. The van der Waals surface area contributed by atoms with Gasteiger partial charge in [0.05, 0.1) is 21.7 Å². The van der Waals surface area contributed by atoms with E-state index in [1.54, 1.807) is 12.1 Å². The summed E-state index contributed by atoms with van der Waals surface area (Å²) in [6, 6.07) is 22.5. The van der Waals surface area contributed by atoms with Crippen molar-refractivity contribution < 1.29 is 19.2 Å². The lowest BCUT2D eigenvalue weighted by molar-refractivity contribution is -0.136. The van der Waals surface area contributed by atoms with Crippen molar-refractivity contribution in [1.29, 1.82) is 5.26 Å². The molecule has 6 aliphatic heterocycles. The number of carbonyl (C=O) groups is 4. The van der Waals surface area contributed by atoms with Gasteiger partial charge in [-0.3, -0.25) is 39.2 Å². The molecule has 3 aromatic rings. The zero-order valence-electron chi connectivity index (χ0n) is 31.8. The van der Waals surface area contributed by atoms with Crippen molar-refractivity contribution in [2.45, 2.75) is 63.7 Å². The number of nitrogens with zero attached hydrogens (tertiary/aromatic N) is 7. The number of imide groups is 2. The van der Waals surface area contributed by atoms with E-state index in [0.29, 0.717) is 39.2 Å². The Hall–Kier alpha value is -4.96. The molecule has 0 bridgehead atoms. The van der Waals surface area contributed by atoms with Crippen LogP contribution in [-0.2, 0) is 16.1 Å². The maximum atomic E-state index is 13.3. The number of carbonyl (C=O) groups excluding carboxylic acids is 4. The fourth-order valence-corrected chi connectivity index (χ4v) is 10.2. The molecule has 0 radical (unpaired) electrons. The number of amides is 4. The normalized spacial score (nSPS) is 24.4. The second-order valence-corrected chi connectivity index (χ2v) is 17.1. The van der Waals surface area contributed by atoms with Gasteiger partial charge >= 0.3 is 0 Å². The molecule has 56 heavy (non-hydrogen) atoms. The molecule has 1 unspecified atom stereocenters. The fraction of sp³-hybridized carbons (Fsp3) is 0.465. The van der Waals surface area contributed by atoms with Crippen LogP contribution in [0.2, 0.25) is 5.02 Å².